The van der Waals surface area contributed by atoms with Gasteiger partial charge in [0.15, 0.2) is 6.61 Å². The number of amides is 2. The molecule has 1 fully saturated rings. The normalized spacial score (nSPS) is 14.9. The van der Waals surface area contributed by atoms with Crippen molar-refractivity contribution in [2.75, 3.05) is 26.3 Å². The van der Waals surface area contributed by atoms with Crippen LogP contribution in [-0.4, -0.2) is 49.2 Å². The van der Waals surface area contributed by atoms with Crippen LogP contribution in [-0.2, 0) is 9.53 Å². The maximum Gasteiger partial charge on any atom is 0.409 e. The number of nitrogens with zero attached hydrogens (tertiary/aromatic N) is 1. The largest absolute Gasteiger partial charge is 0.484 e. The number of likely N-dealkylation sites (tertiary alicyclic amines) is 1. The zero-order valence-corrected chi connectivity index (χ0v) is 15.3. The second-order valence-corrected chi connectivity index (χ2v) is 6.48. The van der Waals surface area contributed by atoms with Gasteiger partial charge < -0.3 is 19.7 Å². The Morgan fingerprint density at radius 1 is 1.24 bits per heavy atom. The van der Waals surface area contributed by atoms with Gasteiger partial charge >= 0.3 is 6.09 Å². The van der Waals surface area contributed by atoms with Crippen LogP contribution in [0.5, 0.6) is 5.75 Å². The fraction of sp³-hybridized carbons (Fsp3) is 0.556. The molecule has 1 aromatic carbocycles. The summed E-state index contributed by atoms with van der Waals surface area (Å²) < 4.78 is 10.6. The first-order valence-corrected chi connectivity index (χ1v) is 9.05. The van der Waals surface area contributed by atoms with Gasteiger partial charge in [-0.05, 0) is 43.5 Å². The van der Waals surface area contributed by atoms with Crippen molar-refractivity contribution in [2.45, 2.75) is 38.6 Å². The van der Waals surface area contributed by atoms with Crippen molar-refractivity contribution in [3.63, 3.8) is 0 Å². The second kappa shape index (κ2) is 10.1. The van der Waals surface area contributed by atoms with E-state index in [9.17, 15) is 9.59 Å². The Morgan fingerprint density at radius 3 is 2.56 bits per heavy atom. The van der Waals surface area contributed by atoms with Gasteiger partial charge in [-0.1, -0.05) is 24.9 Å². The first-order chi connectivity index (χ1) is 12.1. The first kappa shape index (κ1) is 19.4. The Labute approximate surface area is 153 Å². The third-order valence-corrected chi connectivity index (χ3v) is 4.28. The molecule has 138 valence electrons. The van der Waals surface area contributed by atoms with Crippen molar-refractivity contribution in [1.82, 2.24) is 10.2 Å². The molecular formula is C18H25ClN2O4. The van der Waals surface area contributed by atoms with Crippen molar-refractivity contribution < 1.29 is 19.1 Å². The smallest absolute Gasteiger partial charge is 0.409 e. The van der Waals surface area contributed by atoms with E-state index in [-0.39, 0.29) is 24.6 Å². The summed E-state index contributed by atoms with van der Waals surface area (Å²) in [6.07, 6.45) is 3.06. The molecule has 0 radical (unpaired) electrons. The highest BCUT2D eigenvalue weighted by Gasteiger charge is 2.24. The fourth-order valence-corrected chi connectivity index (χ4v) is 2.68. The Hall–Kier alpha value is -1.95. The lowest BCUT2D eigenvalue weighted by atomic mass is 10.1. The highest BCUT2D eigenvalue weighted by atomic mass is 35.5. The number of hydrogen-bond donors (Lipinski definition) is 1. The van der Waals surface area contributed by atoms with Crippen LogP contribution in [0.25, 0.3) is 0 Å². The molecule has 0 aliphatic carbocycles. The van der Waals surface area contributed by atoms with E-state index < -0.39 is 0 Å². The molecule has 2 amide bonds. The van der Waals surface area contributed by atoms with Crippen LogP contribution in [0.1, 0.15) is 32.6 Å². The minimum Gasteiger partial charge on any atom is -0.484 e. The van der Waals surface area contributed by atoms with E-state index in [0.717, 1.165) is 25.7 Å². The second-order valence-electron chi connectivity index (χ2n) is 6.04. The Bertz CT molecular complexity index is 557. The predicted molar refractivity (Wildman–Crippen MR) is 95.9 cm³/mol. The highest BCUT2D eigenvalue weighted by molar-refractivity contribution is 6.30. The number of carbonyl (C=O) groups is 2. The lowest BCUT2D eigenvalue weighted by Gasteiger charge is -2.31. The molecular weight excluding hydrogens is 344 g/mol. The van der Waals surface area contributed by atoms with E-state index in [4.69, 9.17) is 21.1 Å². The maximum atomic E-state index is 12.0. The van der Waals surface area contributed by atoms with Gasteiger partial charge in [0.25, 0.3) is 5.91 Å². The van der Waals surface area contributed by atoms with E-state index in [1.165, 1.54) is 0 Å². The summed E-state index contributed by atoms with van der Waals surface area (Å²) >= 11 is 5.80. The molecule has 1 aromatic rings. The molecule has 6 nitrogen and oxygen atoms in total. The van der Waals surface area contributed by atoms with Gasteiger partial charge in [-0.15, -0.1) is 0 Å². The van der Waals surface area contributed by atoms with Gasteiger partial charge in [-0.3, -0.25) is 4.79 Å². The first-order valence-electron chi connectivity index (χ1n) is 8.68. The van der Waals surface area contributed by atoms with Crippen molar-refractivity contribution >= 4 is 23.6 Å². The Balaban J connectivity index is 1.64. The fourth-order valence-electron chi connectivity index (χ4n) is 2.55. The number of benzene rings is 1. The van der Waals surface area contributed by atoms with Crippen molar-refractivity contribution in [1.29, 1.82) is 0 Å². The lowest BCUT2D eigenvalue weighted by Crippen LogP contribution is -2.47. The molecule has 0 saturated carbocycles. The van der Waals surface area contributed by atoms with Crippen LogP contribution < -0.4 is 10.1 Å². The van der Waals surface area contributed by atoms with Crippen LogP contribution in [0.4, 0.5) is 4.79 Å². The van der Waals surface area contributed by atoms with E-state index in [0.29, 0.717) is 30.5 Å². The van der Waals surface area contributed by atoms with Crippen molar-refractivity contribution in [3.05, 3.63) is 29.3 Å². The molecule has 7 heteroatoms. The summed E-state index contributed by atoms with van der Waals surface area (Å²) in [4.78, 5) is 25.5. The number of nitrogens with one attached hydrogen (secondary N) is 1. The summed E-state index contributed by atoms with van der Waals surface area (Å²) in [6.45, 7) is 3.66. The molecule has 0 atom stereocenters. The van der Waals surface area contributed by atoms with Gasteiger partial charge in [-0.25, -0.2) is 4.79 Å². The highest BCUT2D eigenvalue weighted by Crippen LogP contribution is 2.15. The van der Waals surface area contributed by atoms with Crippen molar-refractivity contribution in [3.8, 4) is 5.75 Å². The van der Waals surface area contributed by atoms with E-state index >= 15 is 0 Å². The number of unbranched alkanes of at least 4 members (excludes halogenated alkanes) is 1. The molecule has 0 aromatic heterocycles. The number of rotatable bonds is 7. The third-order valence-electron chi connectivity index (χ3n) is 4.03. The maximum absolute atomic E-state index is 12.0. The molecule has 1 aliphatic heterocycles. The SMILES string of the molecule is CCCCOC(=O)N1CCC(NC(=O)COc2ccc(Cl)cc2)CC1. The number of hydrogen-bond acceptors (Lipinski definition) is 4. The molecule has 0 bridgehead atoms. The Kier molecular flexibility index (Phi) is 7.85. The van der Waals surface area contributed by atoms with E-state index in [1.54, 1.807) is 29.2 Å². The summed E-state index contributed by atoms with van der Waals surface area (Å²) in [5.74, 6) is 0.433. The van der Waals surface area contributed by atoms with Gasteiger partial charge in [0, 0.05) is 24.2 Å². The van der Waals surface area contributed by atoms with Gasteiger partial charge in [-0.2, -0.15) is 0 Å². The molecule has 1 aliphatic rings. The monoisotopic (exact) mass is 368 g/mol. The molecule has 1 N–H and O–H groups in total. The van der Waals surface area contributed by atoms with Crippen LogP contribution in [0, 0.1) is 0 Å². The molecule has 0 unspecified atom stereocenters. The van der Waals surface area contributed by atoms with Crippen LogP contribution in [0.15, 0.2) is 24.3 Å². The Morgan fingerprint density at radius 2 is 1.92 bits per heavy atom. The van der Waals surface area contributed by atoms with Gasteiger partial charge in [0.1, 0.15) is 5.75 Å². The minimum atomic E-state index is -0.260. The molecule has 0 spiro atoms. The zero-order chi connectivity index (χ0) is 18.1. The van der Waals surface area contributed by atoms with Gasteiger partial charge in [0.05, 0.1) is 6.61 Å². The minimum absolute atomic E-state index is 0.0408. The molecule has 1 heterocycles. The van der Waals surface area contributed by atoms with Crippen LogP contribution in [0.3, 0.4) is 0 Å². The van der Waals surface area contributed by atoms with Crippen LogP contribution >= 0.6 is 11.6 Å². The summed E-state index contributed by atoms with van der Waals surface area (Å²) in [5, 5.41) is 3.57. The number of carbonyl (C=O) groups excluding carboxylic acids is 2. The number of halogens is 1. The molecule has 25 heavy (non-hydrogen) atoms. The number of ether oxygens (including phenoxy) is 2. The quantitative estimate of drug-likeness (QED) is 0.750. The molecule has 1 saturated heterocycles. The van der Waals surface area contributed by atoms with E-state index in [2.05, 4.69) is 12.2 Å². The standard InChI is InChI=1S/C18H25ClN2O4/c1-2-3-12-24-18(23)21-10-8-15(9-11-21)20-17(22)13-25-16-6-4-14(19)5-7-16/h4-7,15H,2-3,8-13H2,1H3,(H,20,22). The summed E-state index contributed by atoms with van der Waals surface area (Å²) in [5.41, 5.74) is 0. The zero-order valence-electron chi connectivity index (χ0n) is 14.5. The van der Waals surface area contributed by atoms with E-state index in [1.807, 2.05) is 0 Å². The van der Waals surface area contributed by atoms with Crippen molar-refractivity contribution in [2.24, 2.45) is 0 Å². The number of piperidine rings is 1. The van der Waals surface area contributed by atoms with Crippen LogP contribution in [0.2, 0.25) is 5.02 Å². The lowest BCUT2D eigenvalue weighted by molar-refractivity contribution is -0.124. The third kappa shape index (κ3) is 6.82. The average Bonchev–Trinajstić information content (AvgIpc) is 2.62. The van der Waals surface area contributed by atoms with Gasteiger partial charge in [0.2, 0.25) is 0 Å². The molecule has 2 rings (SSSR count). The predicted octanol–water partition coefficient (Wildman–Crippen LogP) is 3.24. The summed E-state index contributed by atoms with van der Waals surface area (Å²) in [7, 11) is 0. The average molecular weight is 369 g/mol. The topological polar surface area (TPSA) is 67.9 Å². The summed E-state index contributed by atoms with van der Waals surface area (Å²) in [6, 6.07) is 6.92.